The molecule has 0 saturated heterocycles. The summed E-state index contributed by atoms with van der Waals surface area (Å²) in [6.07, 6.45) is -0.232. The molecule has 0 spiro atoms. The van der Waals surface area contributed by atoms with Gasteiger partial charge in [-0.05, 0) is 24.6 Å². The lowest BCUT2D eigenvalue weighted by Crippen LogP contribution is -2.19. The van der Waals surface area contributed by atoms with Crippen molar-refractivity contribution in [2.75, 3.05) is 34.0 Å². The Hall–Kier alpha value is -1.24. The minimum Gasteiger partial charge on any atom is -0.485 e. The quantitative estimate of drug-likeness (QED) is 0.707. The van der Waals surface area contributed by atoms with E-state index >= 15 is 0 Å². The minimum atomic E-state index is -0.711. The molecule has 0 aliphatic carbocycles. The second kappa shape index (κ2) is 8.84. The van der Waals surface area contributed by atoms with Crippen molar-refractivity contribution in [3.8, 4) is 5.75 Å². The van der Waals surface area contributed by atoms with Gasteiger partial charge in [-0.25, -0.2) is 8.78 Å². The van der Waals surface area contributed by atoms with E-state index in [1.165, 1.54) is 19.2 Å². The molecule has 0 aliphatic rings. The molecule has 0 fully saturated rings. The van der Waals surface area contributed by atoms with Gasteiger partial charge in [0.15, 0.2) is 17.4 Å². The Balaban J connectivity index is 2.61. The van der Waals surface area contributed by atoms with Crippen LogP contribution in [0.5, 0.6) is 5.75 Å². The summed E-state index contributed by atoms with van der Waals surface area (Å²) in [6.45, 7) is 3.37. The van der Waals surface area contributed by atoms with Gasteiger partial charge in [-0.15, -0.1) is 0 Å². The van der Waals surface area contributed by atoms with E-state index in [1.807, 2.05) is 0 Å². The van der Waals surface area contributed by atoms with Crippen LogP contribution in [-0.2, 0) is 16.0 Å². The summed E-state index contributed by atoms with van der Waals surface area (Å²) in [6, 6.07) is 2.52. The molecule has 0 bridgehead atoms. The first-order valence-electron chi connectivity index (χ1n) is 6.41. The predicted octanol–water partition coefficient (Wildman–Crippen LogP) is 2.11. The highest BCUT2D eigenvalue weighted by Gasteiger charge is 2.14. The van der Waals surface area contributed by atoms with E-state index in [2.05, 4.69) is 5.32 Å². The van der Waals surface area contributed by atoms with Gasteiger partial charge in [0.1, 0.15) is 6.61 Å². The number of rotatable bonds is 9. The van der Waals surface area contributed by atoms with Gasteiger partial charge in [-0.3, -0.25) is 0 Å². The third kappa shape index (κ3) is 5.40. The van der Waals surface area contributed by atoms with Crippen molar-refractivity contribution in [1.29, 1.82) is 0 Å². The van der Waals surface area contributed by atoms with Crippen LogP contribution >= 0.6 is 0 Å². The maximum absolute atomic E-state index is 13.8. The van der Waals surface area contributed by atoms with Gasteiger partial charge in [-0.1, -0.05) is 0 Å². The molecule has 1 aromatic carbocycles. The van der Waals surface area contributed by atoms with Crippen molar-refractivity contribution in [1.82, 2.24) is 5.32 Å². The third-order valence-electron chi connectivity index (χ3n) is 2.73. The van der Waals surface area contributed by atoms with E-state index in [9.17, 15) is 8.78 Å². The molecule has 0 aliphatic heterocycles. The molecule has 0 radical (unpaired) electrons. The van der Waals surface area contributed by atoms with Crippen LogP contribution in [0.1, 0.15) is 12.5 Å². The molecule has 1 aromatic rings. The normalized spacial score (nSPS) is 12.4. The average Bonchev–Trinajstić information content (AvgIpc) is 2.42. The van der Waals surface area contributed by atoms with Crippen molar-refractivity contribution in [2.24, 2.45) is 0 Å². The topological polar surface area (TPSA) is 39.7 Å². The van der Waals surface area contributed by atoms with Crippen molar-refractivity contribution in [3.63, 3.8) is 0 Å². The molecule has 0 saturated carbocycles. The predicted molar refractivity (Wildman–Crippen MR) is 71.9 cm³/mol. The average molecular weight is 289 g/mol. The number of hydrogen-bond donors (Lipinski definition) is 1. The third-order valence-corrected chi connectivity index (χ3v) is 2.73. The summed E-state index contributed by atoms with van der Waals surface area (Å²) < 4.78 is 42.5. The highest BCUT2D eigenvalue weighted by atomic mass is 19.1. The highest BCUT2D eigenvalue weighted by Crippen LogP contribution is 2.23. The first-order valence-corrected chi connectivity index (χ1v) is 6.41. The molecule has 1 N–H and O–H groups in total. The van der Waals surface area contributed by atoms with E-state index in [0.717, 1.165) is 0 Å². The number of benzene rings is 1. The van der Waals surface area contributed by atoms with Gasteiger partial charge < -0.3 is 19.5 Å². The Morgan fingerprint density at radius 2 is 1.85 bits per heavy atom. The van der Waals surface area contributed by atoms with Crippen molar-refractivity contribution in [2.45, 2.75) is 19.6 Å². The zero-order valence-electron chi connectivity index (χ0n) is 12.0. The Bertz CT molecular complexity index is 392. The first kappa shape index (κ1) is 16.8. The van der Waals surface area contributed by atoms with Gasteiger partial charge in [-0.2, -0.15) is 0 Å². The lowest BCUT2D eigenvalue weighted by Gasteiger charge is -2.13. The standard InChI is InChI=1S/C14H21F2NO3/c1-10(19-3)9-20-14-12(15)6-11(7-13(14)16)8-17-4-5-18-2/h6-7,10,17H,4-5,8-9H2,1-3H3. The van der Waals surface area contributed by atoms with Gasteiger partial charge in [0, 0.05) is 27.3 Å². The lowest BCUT2D eigenvalue weighted by molar-refractivity contribution is 0.0685. The van der Waals surface area contributed by atoms with Crippen molar-refractivity contribution < 1.29 is 23.0 Å². The van der Waals surface area contributed by atoms with Crippen molar-refractivity contribution >= 4 is 0 Å². The van der Waals surface area contributed by atoms with Crippen LogP contribution in [0.4, 0.5) is 8.78 Å². The number of hydrogen-bond acceptors (Lipinski definition) is 4. The van der Waals surface area contributed by atoms with Crippen LogP contribution in [-0.4, -0.2) is 40.1 Å². The number of halogens is 2. The molecule has 4 nitrogen and oxygen atoms in total. The van der Waals surface area contributed by atoms with Crippen LogP contribution < -0.4 is 10.1 Å². The van der Waals surface area contributed by atoms with E-state index in [1.54, 1.807) is 14.0 Å². The Kier molecular flexibility index (Phi) is 7.43. The largest absolute Gasteiger partial charge is 0.485 e. The van der Waals surface area contributed by atoms with Gasteiger partial charge in [0.05, 0.1) is 12.7 Å². The summed E-state index contributed by atoms with van der Waals surface area (Å²) in [7, 11) is 3.10. The SMILES string of the molecule is COCCNCc1cc(F)c(OCC(C)OC)c(F)c1. The van der Waals surface area contributed by atoms with Crippen molar-refractivity contribution in [3.05, 3.63) is 29.3 Å². The van der Waals surface area contributed by atoms with E-state index in [4.69, 9.17) is 14.2 Å². The molecule has 0 amide bonds. The summed E-state index contributed by atoms with van der Waals surface area (Å²) in [4.78, 5) is 0. The smallest absolute Gasteiger partial charge is 0.190 e. The molecule has 6 heteroatoms. The van der Waals surface area contributed by atoms with Crippen LogP contribution in [0, 0.1) is 11.6 Å². The Morgan fingerprint density at radius 1 is 1.20 bits per heavy atom. The number of nitrogens with one attached hydrogen (secondary N) is 1. The molecular formula is C14H21F2NO3. The van der Waals surface area contributed by atoms with Crippen LogP contribution in [0.3, 0.4) is 0 Å². The zero-order valence-corrected chi connectivity index (χ0v) is 12.0. The molecule has 0 aromatic heterocycles. The molecule has 20 heavy (non-hydrogen) atoms. The first-order chi connectivity index (χ1) is 9.58. The highest BCUT2D eigenvalue weighted by molar-refractivity contribution is 5.31. The van der Waals surface area contributed by atoms with Gasteiger partial charge >= 0.3 is 0 Å². The molecular weight excluding hydrogens is 268 g/mol. The zero-order chi connectivity index (χ0) is 15.0. The Labute approximate surface area is 118 Å². The van der Waals surface area contributed by atoms with Gasteiger partial charge in [0.25, 0.3) is 0 Å². The molecule has 1 rings (SSSR count). The lowest BCUT2D eigenvalue weighted by atomic mass is 10.2. The fourth-order valence-corrected chi connectivity index (χ4v) is 1.53. The maximum Gasteiger partial charge on any atom is 0.190 e. The summed E-state index contributed by atoms with van der Waals surface area (Å²) in [5.74, 6) is -1.79. The molecule has 1 unspecified atom stereocenters. The summed E-state index contributed by atoms with van der Waals surface area (Å²) in [5.41, 5.74) is 0.517. The molecule has 1 atom stereocenters. The second-order valence-electron chi connectivity index (χ2n) is 4.42. The van der Waals surface area contributed by atoms with E-state index in [0.29, 0.717) is 25.3 Å². The fourth-order valence-electron chi connectivity index (χ4n) is 1.53. The minimum absolute atomic E-state index is 0.0930. The molecule has 114 valence electrons. The van der Waals surface area contributed by atoms with Gasteiger partial charge in [0.2, 0.25) is 0 Å². The fraction of sp³-hybridized carbons (Fsp3) is 0.571. The van der Waals surface area contributed by atoms with Crippen LogP contribution in [0.2, 0.25) is 0 Å². The maximum atomic E-state index is 13.8. The summed E-state index contributed by atoms with van der Waals surface area (Å²) >= 11 is 0. The molecule has 0 heterocycles. The Morgan fingerprint density at radius 3 is 2.40 bits per heavy atom. The number of ether oxygens (including phenoxy) is 3. The monoisotopic (exact) mass is 289 g/mol. The van der Waals surface area contributed by atoms with Crippen LogP contribution in [0.15, 0.2) is 12.1 Å². The van der Waals surface area contributed by atoms with Crippen LogP contribution in [0.25, 0.3) is 0 Å². The number of methoxy groups -OCH3 is 2. The van der Waals surface area contributed by atoms with E-state index in [-0.39, 0.29) is 18.5 Å². The second-order valence-corrected chi connectivity index (χ2v) is 4.42. The van der Waals surface area contributed by atoms with E-state index < -0.39 is 11.6 Å². The summed E-state index contributed by atoms with van der Waals surface area (Å²) in [5, 5.41) is 3.02.